The van der Waals surface area contributed by atoms with Gasteiger partial charge in [0.2, 0.25) is 0 Å². The molecule has 2 aliphatic heterocycles. The Kier molecular flexibility index (Phi) is 5.48. The van der Waals surface area contributed by atoms with Gasteiger partial charge in [-0.25, -0.2) is 4.68 Å². The van der Waals surface area contributed by atoms with Gasteiger partial charge in [-0.05, 0) is 57.0 Å². The number of halogens is 1. The number of methoxy groups -OCH3 is 1. The quantitative estimate of drug-likeness (QED) is 0.885. The van der Waals surface area contributed by atoms with E-state index in [-0.39, 0.29) is 24.4 Å². The first-order valence-electron chi connectivity index (χ1n) is 8.79. The lowest BCUT2D eigenvalue weighted by Gasteiger charge is -2.27. The lowest BCUT2D eigenvalue weighted by Crippen LogP contribution is -2.43. The number of benzene rings is 1. The molecule has 2 aliphatic rings. The van der Waals surface area contributed by atoms with E-state index in [2.05, 4.69) is 15.6 Å². The third kappa shape index (κ3) is 3.17. The van der Waals surface area contributed by atoms with E-state index in [1.165, 1.54) is 0 Å². The zero-order valence-corrected chi connectivity index (χ0v) is 15.8. The van der Waals surface area contributed by atoms with Crippen molar-refractivity contribution in [2.45, 2.75) is 38.3 Å². The molecule has 0 radical (unpaired) electrons. The molecule has 2 saturated heterocycles. The van der Waals surface area contributed by atoms with Crippen molar-refractivity contribution in [2.24, 2.45) is 0 Å². The number of aromatic nitrogens is 3. The monoisotopic (exact) mass is 377 g/mol. The van der Waals surface area contributed by atoms with Crippen molar-refractivity contribution in [1.82, 2.24) is 25.2 Å². The van der Waals surface area contributed by atoms with Gasteiger partial charge in [-0.2, -0.15) is 0 Å². The lowest BCUT2D eigenvalue weighted by atomic mass is 10.1. The summed E-state index contributed by atoms with van der Waals surface area (Å²) in [6.45, 7) is 3.74. The van der Waals surface area contributed by atoms with Crippen LogP contribution < -0.4 is 10.1 Å². The number of amides is 1. The zero-order chi connectivity index (χ0) is 17.4. The predicted octanol–water partition coefficient (Wildman–Crippen LogP) is 1.97. The SMILES string of the molecule is COc1ccc(-n2nnc(C(=O)N3C4CCNCC3CC4)c2C)cc1.Cl. The first-order chi connectivity index (χ1) is 12.2. The fourth-order valence-corrected chi connectivity index (χ4v) is 3.93. The van der Waals surface area contributed by atoms with Gasteiger partial charge in [0.25, 0.3) is 5.91 Å². The molecule has 1 amide bonds. The third-order valence-corrected chi connectivity index (χ3v) is 5.30. The van der Waals surface area contributed by atoms with Crippen LogP contribution in [-0.2, 0) is 0 Å². The summed E-state index contributed by atoms with van der Waals surface area (Å²) in [4.78, 5) is 15.2. The Morgan fingerprint density at radius 1 is 1.19 bits per heavy atom. The van der Waals surface area contributed by atoms with Crippen LogP contribution in [0.25, 0.3) is 5.69 Å². The maximum Gasteiger partial charge on any atom is 0.276 e. The molecule has 0 saturated carbocycles. The van der Waals surface area contributed by atoms with Gasteiger partial charge in [-0.1, -0.05) is 5.21 Å². The Labute approximate surface area is 159 Å². The molecule has 2 atom stereocenters. The molecule has 2 fully saturated rings. The van der Waals surface area contributed by atoms with Crippen molar-refractivity contribution in [3.8, 4) is 11.4 Å². The number of nitrogens with zero attached hydrogens (tertiary/aromatic N) is 4. The maximum atomic E-state index is 13.1. The Morgan fingerprint density at radius 3 is 2.65 bits per heavy atom. The normalized spacial score (nSPS) is 21.8. The van der Waals surface area contributed by atoms with Crippen molar-refractivity contribution >= 4 is 18.3 Å². The molecular formula is C18H24ClN5O2. The standard InChI is InChI=1S/C18H23N5O2.ClH/c1-12-17(18(24)22-13-3-4-15(22)11-19-10-9-13)20-21-23(12)14-5-7-16(25-2)8-6-14;/h5-8,13,15,19H,3-4,9-11H2,1-2H3;1H. The van der Waals surface area contributed by atoms with Gasteiger partial charge in [-0.15, -0.1) is 17.5 Å². The lowest BCUT2D eigenvalue weighted by molar-refractivity contribution is 0.0673. The van der Waals surface area contributed by atoms with E-state index >= 15 is 0 Å². The van der Waals surface area contributed by atoms with Crippen LogP contribution in [0.3, 0.4) is 0 Å². The molecule has 8 heteroatoms. The van der Waals surface area contributed by atoms with E-state index in [0.29, 0.717) is 11.7 Å². The summed E-state index contributed by atoms with van der Waals surface area (Å²) in [6.07, 6.45) is 3.16. The van der Waals surface area contributed by atoms with Gasteiger partial charge in [0.15, 0.2) is 5.69 Å². The molecule has 1 aromatic carbocycles. The van der Waals surface area contributed by atoms with E-state index in [9.17, 15) is 4.79 Å². The van der Waals surface area contributed by atoms with Crippen LogP contribution in [0.15, 0.2) is 24.3 Å². The summed E-state index contributed by atoms with van der Waals surface area (Å²) in [7, 11) is 1.64. The number of carbonyl (C=O) groups excluding carboxylic acids is 1. The largest absolute Gasteiger partial charge is 0.497 e. The minimum Gasteiger partial charge on any atom is -0.497 e. The van der Waals surface area contributed by atoms with Crippen LogP contribution in [-0.4, -0.2) is 58.1 Å². The highest BCUT2D eigenvalue weighted by molar-refractivity contribution is 5.94. The number of hydrogen-bond donors (Lipinski definition) is 1. The summed E-state index contributed by atoms with van der Waals surface area (Å²) in [6, 6.07) is 8.16. The van der Waals surface area contributed by atoms with Crippen molar-refractivity contribution in [2.75, 3.05) is 20.2 Å². The van der Waals surface area contributed by atoms with Crippen LogP contribution in [0.4, 0.5) is 0 Å². The Hall–Kier alpha value is -2.12. The highest BCUT2D eigenvalue weighted by Gasteiger charge is 2.39. The van der Waals surface area contributed by atoms with Crippen LogP contribution in [0.5, 0.6) is 5.75 Å². The molecule has 140 valence electrons. The van der Waals surface area contributed by atoms with Crippen LogP contribution in [0, 0.1) is 6.92 Å². The number of hydrogen-bond acceptors (Lipinski definition) is 5. The van der Waals surface area contributed by atoms with Gasteiger partial charge >= 0.3 is 0 Å². The molecule has 2 unspecified atom stereocenters. The third-order valence-electron chi connectivity index (χ3n) is 5.30. The van der Waals surface area contributed by atoms with E-state index in [1.54, 1.807) is 11.8 Å². The van der Waals surface area contributed by atoms with Crippen molar-refractivity contribution < 1.29 is 9.53 Å². The maximum absolute atomic E-state index is 13.1. The second-order valence-corrected chi connectivity index (χ2v) is 6.72. The highest BCUT2D eigenvalue weighted by atomic mass is 35.5. The molecule has 26 heavy (non-hydrogen) atoms. The average molecular weight is 378 g/mol. The van der Waals surface area contributed by atoms with Crippen LogP contribution in [0.2, 0.25) is 0 Å². The molecule has 4 rings (SSSR count). The predicted molar refractivity (Wildman–Crippen MR) is 100 cm³/mol. The van der Waals surface area contributed by atoms with E-state index in [4.69, 9.17) is 4.74 Å². The molecule has 3 heterocycles. The first-order valence-corrected chi connectivity index (χ1v) is 8.79. The fourth-order valence-electron chi connectivity index (χ4n) is 3.93. The molecule has 2 bridgehead atoms. The Balaban J connectivity index is 0.00000196. The second kappa shape index (κ2) is 7.63. The van der Waals surface area contributed by atoms with E-state index in [1.807, 2.05) is 36.1 Å². The van der Waals surface area contributed by atoms with Gasteiger partial charge in [-0.3, -0.25) is 4.79 Å². The smallest absolute Gasteiger partial charge is 0.276 e. The summed E-state index contributed by atoms with van der Waals surface area (Å²) >= 11 is 0. The van der Waals surface area contributed by atoms with Crippen LogP contribution >= 0.6 is 12.4 Å². The van der Waals surface area contributed by atoms with Crippen molar-refractivity contribution in [3.63, 3.8) is 0 Å². The van der Waals surface area contributed by atoms with E-state index < -0.39 is 0 Å². The topological polar surface area (TPSA) is 72.3 Å². The zero-order valence-electron chi connectivity index (χ0n) is 15.0. The van der Waals surface area contributed by atoms with Gasteiger partial charge in [0.1, 0.15) is 5.75 Å². The fraction of sp³-hybridized carbons (Fsp3) is 0.500. The van der Waals surface area contributed by atoms with Gasteiger partial charge in [0.05, 0.1) is 18.5 Å². The summed E-state index contributed by atoms with van der Waals surface area (Å²) < 4.78 is 6.90. The molecule has 7 nitrogen and oxygen atoms in total. The summed E-state index contributed by atoms with van der Waals surface area (Å²) in [5, 5.41) is 11.8. The van der Waals surface area contributed by atoms with Gasteiger partial charge < -0.3 is 15.0 Å². The van der Waals surface area contributed by atoms with Crippen molar-refractivity contribution in [1.29, 1.82) is 0 Å². The minimum absolute atomic E-state index is 0. The Bertz CT molecular complexity index is 762. The minimum atomic E-state index is 0. The number of fused-ring (bicyclic) bond motifs is 2. The first kappa shape index (κ1) is 18.7. The molecule has 0 spiro atoms. The molecular weight excluding hydrogens is 354 g/mol. The summed E-state index contributed by atoms with van der Waals surface area (Å²) in [5.41, 5.74) is 2.09. The molecule has 1 N–H and O–H groups in total. The second-order valence-electron chi connectivity index (χ2n) is 6.72. The van der Waals surface area contributed by atoms with Crippen molar-refractivity contribution in [3.05, 3.63) is 35.7 Å². The number of ether oxygens (including phenoxy) is 1. The van der Waals surface area contributed by atoms with Crippen LogP contribution in [0.1, 0.15) is 35.4 Å². The Morgan fingerprint density at radius 2 is 1.92 bits per heavy atom. The summed E-state index contributed by atoms with van der Waals surface area (Å²) in [5.74, 6) is 0.792. The molecule has 1 aromatic heterocycles. The average Bonchev–Trinajstić information content (AvgIpc) is 3.13. The highest BCUT2D eigenvalue weighted by Crippen LogP contribution is 2.30. The van der Waals surface area contributed by atoms with E-state index in [0.717, 1.165) is 49.5 Å². The molecule has 2 aromatic rings. The number of nitrogens with one attached hydrogen (secondary N) is 1. The molecule has 0 aliphatic carbocycles. The number of rotatable bonds is 3. The van der Waals surface area contributed by atoms with Gasteiger partial charge in [0, 0.05) is 18.6 Å². The number of carbonyl (C=O) groups is 1.